The van der Waals surface area contributed by atoms with E-state index in [1.54, 1.807) is 0 Å². The van der Waals surface area contributed by atoms with Crippen molar-refractivity contribution in [2.45, 2.75) is 31.4 Å². The molecule has 4 heteroatoms. The number of hydrogen-bond donors (Lipinski definition) is 2. The smallest absolute Gasteiger partial charge is 0.0820 e. The second-order valence-electron chi connectivity index (χ2n) is 6.20. The lowest BCUT2D eigenvalue weighted by atomic mass is 9.98. The first-order valence-corrected chi connectivity index (χ1v) is 7.89. The van der Waals surface area contributed by atoms with Crippen LogP contribution in [-0.4, -0.2) is 55.5 Å². The third-order valence-corrected chi connectivity index (χ3v) is 4.22. The maximum atomic E-state index is 10.3. The van der Waals surface area contributed by atoms with E-state index >= 15 is 0 Å². The Morgan fingerprint density at radius 2 is 1.95 bits per heavy atom. The molecule has 2 unspecified atom stereocenters. The summed E-state index contributed by atoms with van der Waals surface area (Å²) in [5.41, 5.74) is 7.31. The predicted octanol–water partition coefficient (Wildman–Crippen LogP) is 1.28. The summed E-state index contributed by atoms with van der Waals surface area (Å²) in [4.78, 5) is 2.20. The Morgan fingerprint density at radius 1 is 1.29 bits per heavy atom. The minimum Gasteiger partial charge on any atom is -0.390 e. The number of ether oxygens (including phenoxy) is 1. The molecule has 1 aromatic carbocycles. The van der Waals surface area contributed by atoms with Gasteiger partial charge < -0.3 is 20.5 Å². The largest absolute Gasteiger partial charge is 0.390 e. The van der Waals surface area contributed by atoms with Gasteiger partial charge in [-0.2, -0.15) is 0 Å². The fourth-order valence-corrected chi connectivity index (χ4v) is 2.92. The van der Waals surface area contributed by atoms with Crippen LogP contribution < -0.4 is 5.73 Å². The second-order valence-corrected chi connectivity index (χ2v) is 6.20. The molecule has 0 aliphatic carbocycles. The second kappa shape index (κ2) is 8.49. The highest BCUT2D eigenvalue weighted by Gasteiger charge is 2.20. The molecule has 21 heavy (non-hydrogen) atoms. The average molecular weight is 292 g/mol. The molecule has 0 spiro atoms. The maximum absolute atomic E-state index is 10.3. The minimum atomic E-state index is -0.491. The summed E-state index contributed by atoms with van der Waals surface area (Å²) in [5, 5.41) is 10.3. The number of aliphatic hydroxyl groups excluding tert-OH is 1. The molecule has 2 atom stereocenters. The lowest BCUT2D eigenvalue weighted by Gasteiger charge is -2.29. The Morgan fingerprint density at radius 3 is 2.62 bits per heavy atom. The van der Waals surface area contributed by atoms with E-state index in [-0.39, 0.29) is 6.04 Å². The molecule has 1 aromatic rings. The van der Waals surface area contributed by atoms with Crippen molar-refractivity contribution >= 4 is 0 Å². The Hall–Kier alpha value is -0.940. The van der Waals surface area contributed by atoms with Gasteiger partial charge in [0.2, 0.25) is 0 Å². The van der Waals surface area contributed by atoms with Crippen molar-refractivity contribution in [3.05, 3.63) is 35.9 Å². The van der Waals surface area contributed by atoms with Gasteiger partial charge in [-0.25, -0.2) is 0 Å². The predicted molar refractivity (Wildman–Crippen MR) is 85.2 cm³/mol. The fraction of sp³-hybridized carbons (Fsp3) is 0.647. The molecule has 2 rings (SSSR count). The first-order valence-electron chi connectivity index (χ1n) is 7.89. The molecule has 0 bridgehead atoms. The zero-order valence-corrected chi connectivity index (χ0v) is 12.9. The average Bonchev–Trinajstić information content (AvgIpc) is 2.49. The maximum Gasteiger partial charge on any atom is 0.0820 e. The van der Waals surface area contributed by atoms with Crippen LogP contribution in [0.25, 0.3) is 0 Å². The van der Waals surface area contributed by atoms with E-state index in [1.807, 2.05) is 18.2 Å². The summed E-state index contributed by atoms with van der Waals surface area (Å²) in [6, 6.07) is 9.89. The summed E-state index contributed by atoms with van der Waals surface area (Å²) in [6.45, 7) is 3.38. The highest BCUT2D eigenvalue weighted by Crippen LogP contribution is 2.16. The van der Waals surface area contributed by atoms with E-state index in [1.165, 1.54) is 5.56 Å². The molecule has 1 saturated heterocycles. The van der Waals surface area contributed by atoms with E-state index in [0.717, 1.165) is 32.6 Å². The van der Waals surface area contributed by atoms with Crippen molar-refractivity contribution < 1.29 is 9.84 Å². The third kappa shape index (κ3) is 5.75. The molecule has 1 aliphatic rings. The van der Waals surface area contributed by atoms with Crippen LogP contribution in [0.15, 0.2) is 30.3 Å². The van der Waals surface area contributed by atoms with Gasteiger partial charge in [-0.3, -0.25) is 0 Å². The van der Waals surface area contributed by atoms with Crippen molar-refractivity contribution in [1.29, 1.82) is 0 Å². The van der Waals surface area contributed by atoms with E-state index in [4.69, 9.17) is 10.5 Å². The van der Waals surface area contributed by atoms with Crippen LogP contribution in [-0.2, 0) is 11.2 Å². The number of hydrogen-bond acceptors (Lipinski definition) is 4. The van der Waals surface area contributed by atoms with Crippen LogP contribution in [0.1, 0.15) is 18.4 Å². The zero-order valence-electron chi connectivity index (χ0n) is 12.9. The molecular weight excluding hydrogens is 264 g/mol. The summed E-state index contributed by atoms with van der Waals surface area (Å²) in [5.74, 6) is 0.682. The highest BCUT2D eigenvalue weighted by molar-refractivity contribution is 5.16. The zero-order chi connectivity index (χ0) is 15.1. The topological polar surface area (TPSA) is 58.7 Å². The van der Waals surface area contributed by atoms with Gasteiger partial charge in [0.1, 0.15) is 0 Å². The molecule has 0 saturated carbocycles. The van der Waals surface area contributed by atoms with Gasteiger partial charge in [-0.05, 0) is 37.8 Å². The van der Waals surface area contributed by atoms with Crippen molar-refractivity contribution in [3.63, 3.8) is 0 Å². The molecule has 1 fully saturated rings. The monoisotopic (exact) mass is 292 g/mol. The van der Waals surface area contributed by atoms with Crippen LogP contribution in [0, 0.1) is 5.92 Å². The highest BCUT2D eigenvalue weighted by atomic mass is 16.5. The molecule has 0 amide bonds. The molecule has 4 nitrogen and oxygen atoms in total. The SMILES string of the molecule is CN(CC1CCOCC1)CC(O)C(N)Cc1ccccc1. The summed E-state index contributed by atoms with van der Waals surface area (Å²) in [7, 11) is 2.06. The molecule has 1 heterocycles. The van der Waals surface area contributed by atoms with E-state index < -0.39 is 6.10 Å². The third-order valence-electron chi connectivity index (χ3n) is 4.22. The molecule has 118 valence electrons. The van der Waals surface area contributed by atoms with Crippen molar-refractivity contribution in [3.8, 4) is 0 Å². The Bertz CT molecular complexity index is 393. The van der Waals surface area contributed by atoms with Crippen LogP contribution in [0.4, 0.5) is 0 Å². The number of nitrogens with two attached hydrogens (primary N) is 1. The molecule has 0 aromatic heterocycles. The molecular formula is C17H28N2O2. The first-order chi connectivity index (χ1) is 10.1. The Labute approximate surface area is 127 Å². The van der Waals surface area contributed by atoms with Crippen LogP contribution in [0.2, 0.25) is 0 Å². The number of nitrogens with zero attached hydrogens (tertiary/aromatic N) is 1. The van der Waals surface area contributed by atoms with E-state index in [0.29, 0.717) is 18.9 Å². The fourth-order valence-electron chi connectivity index (χ4n) is 2.92. The Kier molecular flexibility index (Phi) is 6.64. The quantitative estimate of drug-likeness (QED) is 0.795. The molecule has 3 N–H and O–H groups in total. The normalized spacial score (nSPS) is 19.6. The van der Waals surface area contributed by atoms with Crippen molar-refractivity contribution in [1.82, 2.24) is 4.90 Å². The van der Waals surface area contributed by atoms with Gasteiger partial charge in [-0.1, -0.05) is 30.3 Å². The summed E-state index contributed by atoms with van der Waals surface area (Å²) >= 11 is 0. The van der Waals surface area contributed by atoms with Gasteiger partial charge in [0, 0.05) is 32.3 Å². The van der Waals surface area contributed by atoms with E-state index in [9.17, 15) is 5.11 Å². The van der Waals surface area contributed by atoms with Gasteiger partial charge in [0.25, 0.3) is 0 Å². The number of aliphatic hydroxyl groups is 1. The summed E-state index contributed by atoms with van der Waals surface area (Å²) < 4.78 is 5.38. The van der Waals surface area contributed by atoms with Crippen LogP contribution in [0.3, 0.4) is 0 Å². The van der Waals surface area contributed by atoms with Crippen molar-refractivity contribution in [2.24, 2.45) is 11.7 Å². The lowest BCUT2D eigenvalue weighted by molar-refractivity contribution is 0.0447. The lowest BCUT2D eigenvalue weighted by Crippen LogP contribution is -2.45. The van der Waals surface area contributed by atoms with Gasteiger partial charge in [0.05, 0.1) is 6.10 Å². The van der Waals surface area contributed by atoms with Crippen molar-refractivity contribution in [2.75, 3.05) is 33.4 Å². The standard InChI is InChI=1S/C17H28N2O2/c1-19(12-15-7-9-21-10-8-15)13-17(20)16(18)11-14-5-3-2-4-6-14/h2-6,15-17,20H,7-13,18H2,1H3. The minimum absolute atomic E-state index is 0.218. The number of rotatable bonds is 7. The number of likely N-dealkylation sites (N-methyl/N-ethyl adjacent to an activating group) is 1. The molecule has 0 radical (unpaired) electrons. The number of benzene rings is 1. The van der Waals surface area contributed by atoms with Gasteiger partial charge in [0.15, 0.2) is 0 Å². The Balaban J connectivity index is 1.73. The first kappa shape index (κ1) is 16.4. The van der Waals surface area contributed by atoms with Crippen LogP contribution >= 0.6 is 0 Å². The summed E-state index contributed by atoms with van der Waals surface area (Å²) in [6.07, 6.45) is 2.47. The van der Waals surface area contributed by atoms with Crippen LogP contribution in [0.5, 0.6) is 0 Å². The van der Waals surface area contributed by atoms with Gasteiger partial charge in [-0.15, -0.1) is 0 Å². The van der Waals surface area contributed by atoms with E-state index in [2.05, 4.69) is 24.1 Å². The van der Waals surface area contributed by atoms with Gasteiger partial charge >= 0.3 is 0 Å². The molecule has 1 aliphatic heterocycles.